The van der Waals surface area contributed by atoms with Gasteiger partial charge in [-0.15, -0.1) is 0 Å². The number of nitrogens with one attached hydrogen (secondary N) is 1. The van der Waals surface area contributed by atoms with E-state index < -0.39 is 0 Å². The lowest BCUT2D eigenvalue weighted by Gasteiger charge is -2.23. The number of ether oxygens (including phenoxy) is 1. The Morgan fingerprint density at radius 1 is 1.29 bits per heavy atom. The Kier molecular flexibility index (Phi) is 6.99. The first kappa shape index (κ1) is 17.3. The number of rotatable bonds is 7. The van der Waals surface area contributed by atoms with Gasteiger partial charge in [-0.25, -0.2) is 0 Å². The molecule has 1 saturated heterocycles. The Hall–Kier alpha value is -0.100. The second-order valence-corrected chi connectivity index (χ2v) is 7.09. The van der Waals surface area contributed by atoms with Crippen LogP contribution in [0.5, 0.6) is 5.75 Å². The predicted molar refractivity (Wildman–Crippen MR) is 95.0 cm³/mol. The van der Waals surface area contributed by atoms with Crippen LogP contribution in [0.4, 0.5) is 0 Å². The van der Waals surface area contributed by atoms with Crippen molar-refractivity contribution in [1.82, 2.24) is 10.2 Å². The average molecular weight is 420 g/mol. The third kappa shape index (κ3) is 4.68. The first-order valence-electron chi connectivity index (χ1n) is 7.71. The lowest BCUT2D eigenvalue weighted by molar-refractivity contribution is 0.260. The second-order valence-electron chi connectivity index (χ2n) is 5.38. The van der Waals surface area contributed by atoms with Gasteiger partial charge in [0.25, 0.3) is 0 Å². The first-order chi connectivity index (χ1) is 10.2. The van der Waals surface area contributed by atoms with Crippen molar-refractivity contribution in [3.05, 3.63) is 26.6 Å². The maximum atomic E-state index is 5.62. The normalized spacial score (nSPS) is 19.1. The highest BCUT2D eigenvalue weighted by Gasteiger charge is 2.22. The zero-order valence-electron chi connectivity index (χ0n) is 12.8. The fourth-order valence-corrected chi connectivity index (χ4v) is 4.43. The maximum absolute atomic E-state index is 5.62. The van der Waals surface area contributed by atoms with Crippen LogP contribution in [0.2, 0.25) is 0 Å². The minimum Gasteiger partial charge on any atom is -0.492 e. The van der Waals surface area contributed by atoms with Crippen molar-refractivity contribution >= 4 is 31.9 Å². The third-order valence-corrected chi connectivity index (χ3v) is 5.14. The van der Waals surface area contributed by atoms with Gasteiger partial charge in [0.05, 0.1) is 15.6 Å². The summed E-state index contributed by atoms with van der Waals surface area (Å²) in [6.45, 7) is 9.28. The maximum Gasteiger partial charge on any atom is 0.147 e. The van der Waals surface area contributed by atoms with E-state index in [1.807, 2.05) is 6.92 Å². The molecule has 0 unspecified atom stereocenters. The quantitative estimate of drug-likeness (QED) is 0.717. The fourth-order valence-electron chi connectivity index (χ4n) is 2.92. The molecule has 1 heterocycles. The van der Waals surface area contributed by atoms with Crippen molar-refractivity contribution in [2.75, 3.05) is 26.2 Å². The zero-order chi connectivity index (χ0) is 15.2. The highest BCUT2D eigenvalue weighted by Crippen LogP contribution is 2.34. The summed E-state index contributed by atoms with van der Waals surface area (Å²) in [5.74, 6) is 0.884. The molecule has 1 N–H and O–H groups in total. The average Bonchev–Trinajstić information content (AvgIpc) is 2.90. The van der Waals surface area contributed by atoms with Crippen molar-refractivity contribution in [1.29, 1.82) is 0 Å². The smallest absolute Gasteiger partial charge is 0.147 e. The summed E-state index contributed by atoms with van der Waals surface area (Å²) in [6, 6.07) is 4.97. The Bertz CT molecular complexity index is 445. The molecule has 1 aromatic rings. The molecule has 2 rings (SSSR count). The van der Waals surface area contributed by atoms with E-state index in [1.165, 1.54) is 24.9 Å². The van der Waals surface area contributed by atoms with E-state index in [1.54, 1.807) is 0 Å². The van der Waals surface area contributed by atoms with Crippen LogP contribution in [0.15, 0.2) is 21.1 Å². The van der Waals surface area contributed by atoms with Crippen LogP contribution in [-0.4, -0.2) is 37.2 Å². The summed E-state index contributed by atoms with van der Waals surface area (Å²) in [5.41, 5.74) is 1.26. The lowest BCUT2D eigenvalue weighted by Crippen LogP contribution is -2.37. The largest absolute Gasteiger partial charge is 0.492 e. The number of hydrogen-bond acceptors (Lipinski definition) is 3. The SMILES string of the molecule is CCOc1c(Br)cc(CNC[C@@H]2CCCN2CC)cc1Br. The van der Waals surface area contributed by atoms with Gasteiger partial charge in [0.1, 0.15) is 5.75 Å². The van der Waals surface area contributed by atoms with Crippen LogP contribution in [0.1, 0.15) is 32.3 Å². The highest BCUT2D eigenvalue weighted by atomic mass is 79.9. The number of likely N-dealkylation sites (tertiary alicyclic amines) is 1. The first-order valence-corrected chi connectivity index (χ1v) is 9.29. The Balaban J connectivity index is 1.89. The molecular weight excluding hydrogens is 396 g/mol. The van der Waals surface area contributed by atoms with Crippen LogP contribution in [0, 0.1) is 0 Å². The van der Waals surface area contributed by atoms with Crippen molar-refractivity contribution in [3.63, 3.8) is 0 Å². The third-order valence-electron chi connectivity index (χ3n) is 3.96. The molecule has 0 bridgehead atoms. The predicted octanol–water partition coefficient (Wildman–Crippen LogP) is 4.18. The van der Waals surface area contributed by atoms with Gasteiger partial charge in [0.2, 0.25) is 0 Å². The second kappa shape index (κ2) is 8.51. The Morgan fingerprint density at radius 2 is 2.00 bits per heavy atom. The summed E-state index contributed by atoms with van der Waals surface area (Å²) in [7, 11) is 0. The van der Waals surface area contributed by atoms with E-state index in [0.29, 0.717) is 12.6 Å². The van der Waals surface area contributed by atoms with Crippen LogP contribution >= 0.6 is 31.9 Å². The molecular formula is C16H24Br2N2O. The Labute approximate surface area is 144 Å². The number of hydrogen-bond donors (Lipinski definition) is 1. The van der Waals surface area contributed by atoms with E-state index in [-0.39, 0.29) is 0 Å². The van der Waals surface area contributed by atoms with E-state index >= 15 is 0 Å². The summed E-state index contributed by atoms with van der Waals surface area (Å²) >= 11 is 7.17. The molecule has 3 nitrogen and oxygen atoms in total. The molecule has 1 aliphatic rings. The minimum absolute atomic E-state index is 0.670. The molecule has 118 valence electrons. The van der Waals surface area contributed by atoms with Crippen LogP contribution < -0.4 is 10.1 Å². The van der Waals surface area contributed by atoms with Crippen LogP contribution in [-0.2, 0) is 6.54 Å². The molecule has 1 fully saturated rings. The van der Waals surface area contributed by atoms with Gasteiger partial charge in [0.15, 0.2) is 0 Å². The molecule has 0 amide bonds. The van der Waals surface area contributed by atoms with E-state index in [2.05, 4.69) is 61.1 Å². The van der Waals surface area contributed by atoms with Crippen LogP contribution in [0.3, 0.4) is 0 Å². The topological polar surface area (TPSA) is 24.5 Å². The Morgan fingerprint density at radius 3 is 2.62 bits per heavy atom. The fraction of sp³-hybridized carbons (Fsp3) is 0.625. The summed E-state index contributed by atoms with van der Waals surface area (Å²) in [5, 5.41) is 3.59. The molecule has 21 heavy (non-hydrogen) atoms. The standard InChI is InChI=1S/C16H24Br2N2O/c1-3-20-7-5-6-13(20)11-19-10-12-8-14(17)16(21-4-2)15(18)9-12/h8-9,13,19H,3-7,10-11H2,1-2H3/t13-/m0/s1. The van der Waals surface area contributed by atoms with Gasteiger partial charge in [-0.2, -0.15) is 0 Å². The molecule has 1 aliphatic heterocycles. The van der Waals surface area contributed by atoms with Crippen molar-refractivity contribution in [2.24, 2.45) is 0 Å². The molecule has 0 aromatic heterocycles. The minimum atomic E-state index is 0.670. The van der Waals surface area contributed by atoms with Crippen molar-refractivity contribution < 1.29 is 4.74 Å². The van der Waals surface area contributed by atoms with Crippen LogP contribution in [0.25, 0.3) is 0 Å². The number of benzene rings is 1. The van der Waals surface area contributed by atoms with E-state index in [4.69, 9.17) is 4.74 Å². The van der Waals surface area contributed by atoms with E-state index in [0.717, 1.165) is 34.3 Å². The monoisotopic (exact) mass is 418 g/mol. The molecule has 0 saturated carbocycles. The van der Waals surface area contributed by atoms with Gasteiger partial charge < -0.3 is 10.1 Å². The van der Waals surface area contributed by atoms with Gasteiger partial charge in [-0.1, -0.05) is 6.92 Å². The number of nitrogens with zero attached hydrogens (tertiary/aromatic N) is 1. The molecule has 0 spiro atoms. The number of halogens is 2. The molecule has 5 heteroatoms. The molecule has 1 aromatic carbocycles. The van der Waals surface area contributed by atoms with Gasteiger partial charge in [-0.05, 0) is 82.4 Å². The highest BCUT2D eigenvalue weighted by molar-refractivity contribution is 9.11. The summed E-state index contributed by atoms with van der Waals surface area (Å²) in [4.78, 5) is 2.57. The van der Waals surface area contributed by atoms with Gasteiger partial charge >= 0.3 is 0 Å². The molecule has 0 radical (unpaired) electrons. The summed E-state index contributed by atoms with van der Waals surface area (Å²) < 4.78 is 7.63. The van der Waals surface area contributed by atoms with Crippen molar-refractivity contribution in [3.8, 4) is 5.75 Å². The molecule has 0 aliphatic carbocycles. The zero-order valence-corrected chi connectivity index (χ0v) is 16.0. The number of likely N-dealkylation sites (N-methyl/N-ethyl adjacent to an activating group) is 1. The summed E-state index contributed by atoms with van der Waals surface area (Å²) in [6.07, 6.45) is 2.65. The van der Waals surface area contributed by atoms with Gasteiger partial charge in [-0.3, -0.25) is 4.90 Å². The van der Waals surface area contributed by atoms with Gasteiger partial charge in [0, 0.05) is 19.1 Å². The van der Waals surface area contributed by atoms with Crippen molar-refractivity contribution in [2.45, 2.75) is 39.3 Å². The van der Waals surface area contributed by atoms with E-state index in [9.17, 15) is 0 Å². The molecule has 1 atom stereocenters. The lowest BCUT2D eigenvalue weighted by atomic mass is 10.2.